The highest BCUT2D eigenvalue weighted by molar-refractivity contribution is 7.07. The molecule has 0 atom stereocenters. The number of thiazole rings is 1. The van der Waals surface area contributed by atoms with E-state index >= 15 is 0 Å². The minimum absolute atomic E-state index is 0.762. The lowest BCUT2D eigenvalue weighted by molar-refractivity contribution is 0.854. The highest BCUT2D eigenvalue weighted by Crippen LogP contribution is 2.29. The summed E-state index contributed by atoms with van der Waals surface area (Å²) in [5.41, 5.74) is 3.65. The van der Waals surface area contributed by atoms with E-state index in [9.17, 15) is 0 Å². The van der Waals surface area contributed by atoms with E-state index in [1.165, 1.54) is 10.8 Å². The van der Waals surface area contributed by atoms with Crippen molar-refractivity contribution < 1.29 is 0 Å². The molecule has 0 aliphatic heterocycles. The molecule has 0 saturated heterocycles. The minimum atomic E-state index is 0.762. The molecule has 5 nitrogen and oxygen atoms in total. The average Bonchev–Trinajstić information content (AvgIpc) is 3.20. The Morgan fingerprint density at radius 1 is 0.867 bits per heavy atom. The summed E-state index contributed by atoms with van der Waals surface area (Å²) in [5, 5.41) is 9.19. The van der Waals surface area contributed by atoms with E-state index in [-0.39, 0.29) is 0 Å². The second-order valence-electron chi connectivity index (χ2n) is 6.56. The fraction of sp³-hybridized carbons (Fsp3) is 0. The normalized spacial score (nSPS) is 12.1. The molecular formula is C24H17N5S. The van der Waals surface area contributed by atoms with Crippen LogP contribution in [0, 0.1) is 0 Å². The zero-order valence-electron chi connectivity index (χ0n) is 16.0. The van der Waals surface area contributed by atoms with Crippen LogP contribution in [0.5, 0.6) is 0 Å². The maximum Gasteiger partial charge on any atom is 0.211 e. The summed E-state index contributed by atoms with van der Waals surface area (Å²) in [7, 11) is 0. The van der Waals surface area contributed by atoms with Gasteiger partial charge in [-0.2, -0.15) is 5.10 Å². The van der Waals surface area contributed by atoms with Crippen LogP contribution in [0.25, 0.3) is 22.0 Å². The SMILES string of the molecule is C(=Nn1c(-c2cccc3ccccc23)csc1=Nc1cccnc1)c1ccccn1. The van der Waals surface area contributed by atoms with Gasteiger partial charge in [-0.3, -0.25) is 9.97 Å². The fourth-order valence-corrected chi connectivity index (χ4v) is 4.07. The predicted octanol–water partition coefficient (Wildman–Crippen LogP) is 5.27. The summed E-state index contributed by atoms with van der Waals surface area (Å²) < 4.78 is 1.87. The van der Waals surface area contributed by atoms with Crippen LogP contribution in [-0.2, 0) is 0 Å². The zero-order valence-corrected chi connectivity index (χ0v) is 16.8. The molecule has 0 saturated carbocycles. The van der Waals surface area contributed by atoms with E-state index in [0.29, 0.717) is 0 Å². The topological polar surface area (TPSA) is 55.4 Å². The number of aromatic nitrogens is 3. The lowest BCUT2D eigenvalue weighted by atomic mass is 10.0. The maximum absolute atomic E-state index is 4.76. The molecule has 0 aliphatic carbocycles. The summed E-state index contributed by atoms with van der Waals surface area (Å²) in [4.78, 5) is 14.0. The molecule has 2 aromatic carbocycles. The molecule has 0 amide bonds. The van der Waals surface area contributed by atoms with Gasteiger partial charge in [-0.15, -0.1) is 11.3 Å². The quantitative estimate of drug-likeness (QED) is 0.381. The van der Waals surface area contributed by atoms with E-state index in [2.05, 4.69) is 57.8 Å². The monoisotopic (exact) mass is 407 g/mol. The van der Waals surface area contributed by atoms with Gasteiger partial charge < -0.3 is 0 Å². The molecule has 144 valence electrons. The second-order valence-corrected chi connectivity index (χ2v) is 7.40. The van der Waals surface area contributed by atoms with Gasteiger partial charge in [0.05, 0.1) is 29.5 Å². The van der Waals surface area contributed by atoms with Crippen molar-refractivity contribution in [2.24, 2.45) is 10.1 Å². The molecule has 3 aromatic heterocycles. The first-order valence-electron chi connectivity index (χ1n) is 9.47. The third-order valence-electron chi connectivity index (χ3n) is 4.61. The number of rotatable bonds is 4. The zero-order chi connectivity index (χ0) is 20.2. The molecule has 0 bridgehead atoms. The molecule has 0 radical (unpaired) electrons. The Morgan fingerprint density at radius 3 is 2.63 bits per heavy atom. The van der Waals surface area contributed by atoms with Crippen molar-refractivity contribution in [1.29, 1.82) is 0 Å². The Balaban J connectivity index is 1.72. The van der Waals surface area contributed by atoms with Crippen molar-refractivity contribution in [3.05, 3.63) is 107 Å². The molecule has 5 rings (SSSR count). The molecule has 0 aliphatic rings. The summed E-state index contributed by atoms with van der Waals surface area (Å²) in [6.07, 6.45) is 6.99. The molecule has 6 heteroatoms. The van der Waals surface area contributed by atoms with Crippen molar-refractivity contribution >= 4 is 34.0 Å². The summed E-state index contributed by atoms with van der Waals surface area (Å²) in [6, 6.07) is 24.2. The van der Waals surface area contributed by atoms with Crippen molar-refractivity contribution in [2.75, 3.05) is 0 Å². The lowest BCUT2D eigenvalue weighted by Crippen LogP contribution is -2.11. The van der Waals surface area contributed by atoms with E-state index in [0.717, 1.165) is 27.4 Å². The van der Waals surface area contributed by atoms with Crippen LogP contribution in [0.3, 0.4) is 0 Å². The largest absolute Gasteiger partial charge is 0.262 e. The smallest absolute Gasteiger partial charge is 0.211 e. The van der Waals surface area contributed by atoms with Crippen LogP contribution < -0.4 is 4.80 Å². The molecule has 0 spiro atoms. The lowest BCUT2D eigenvalue weighted by Gasteiger charge is -2.07. The standard InChI is InChI=1S/C24H17N5S/c1-2-11-21-18(7-1)8-5-12-22(21)23-17-30-24(28-20-10-6-13-25-15-20)29(23)27-16-19-9-3-4-14-26-19/h1-17H. The number of benzene rings is 2. The fourth-order valence-electron chi connectivity index (χ4n) is 3.22. The predicted molar refractivity (Wildman–Crippen MR) is 122 cm³/mol. The Morgan fingerprint density at radius 2 is 1.77 bits per heavy atom. The first kappa shape index (κ1) is 18.1. The van der Waals surface area contributed by atoms with Crippen LogP contribution in [0.15, 0.2) is 107 Å². The van der Waals surface area contributed by atoms with Crippen LogP contribution in [0.4, 0.5) is 5.69 Å². The second kappa shape index (κ2) is 8.23. The van der Waals surface area contributed by atoms with E-state index in [1.54, 1.807) is 36.1 Å². The Bertz CT molecular complexity index is 1380. The first-order valence-corrected chi connectivity index (χ1v) is 10.4. The van der Waals surface area contributed by atoms with Gasteiger partial charge in [-0.25, -0.2) is 9.67 Å². The average molecular weight is 408 g/mol. The molecular weight excluding hydrogens is 390 g/mol. The van der Waals surface area contributed by atoms with Crippen LogP contribution >= 0.6 is 11.3 Å². The van der Waals surface area contributed by atoms with Gasteiger partial charge in [-0.1, -0.05) is 48.5 Å². The first-order chi connectivity index (χ1) is 14.9. The minimum Gasteiger partial charge on any atom is -0.262 e. The molecule has 0 unspecified atom stereocenters. The molecule has 5 aromatic rings. The summed E-state index contributed by atoms with van der Waals surface area (Å²) >= 11 is 1.54. The van der Waals surface area contributed by atoms with Crippen molar-refractivity contribution in [3.63, 3.8) is 0 Å². The summed E-state index contributed by atoms with van der Waals surface area (Å²) in [6.45, 7) is 0. The Hall–Kier alpha value is -3.90. The third-order valence-corrected chi connectivity index (χ3v) is 5.43. The molecule has 0 fully saturated rings. The van der Waals surface area contributed by atoms with Crippen molar-refractivity contribution in [1.82, 2.24) is 14.6 Å². The molecule has 30 heavy (non-hydrogen) atoms. The number of hydrogen-bond acceptors (Lipinski definition) is 5. The Kier molecular flexibility index (Phi) is 4.98. The van der Waals surface area contributed by atoms with Gasteiger partial charge in [0.25, 0.3) is 0 Å². The molecule has 3 heterocycles. The van der Waals surface area contributed by atoms with Gasteiger partial charge in [0, 0.05) is 23.3 Å². The van der Waals surface area contributed by atoms with Crippen molar-refractivity contribution in [3.8, 4) is 11.3 Å². The number of pyridine rings is 2. The number of fused-ring (bicyclic) bond motifs is 1. The van der Waals surface area contributed by atoms with Crippen molar-refractivity contribution in [2.45, 2.75) is 0 Å². The molecule has 0 N–H and O–H groups in total. The highest BCUT2D eigenvalue weighted by Gasteiger charge is 2.11. The number of nitrogens with zero attached hydrogens (tertiary/aromatic N) is 5. The van der Waals surface area contributed by atoms with E-state index < -0.39 is 0 Å². The van der Waals surface area contributed by atoms with Gasteiger partial charge in [0.2, 0.25) is 4.80 Å². The Labute approximate surface area is 177 Å². The van der Waals surface area contributed by atoms with Crippen LogP contribution in [0.2, 0.25) is 0 Å². The van der Waals surface area contributed by atoms with Gasteiger partial charge in [-0.05, 0) is 35.0 Å². The summed E-state index contributed by atoms with van der Waals surface area (Å²) in [5.74, 6) is 0. The van der Waals surface area contributed by atoms with E-state index in [1.807, 2.05) is 35.0 Å². The van der Waals surface area contributed by atoms with E-state index in [4.69, 9.17) is 10.1 Å². The van der Waals surface area contributed by atoms with Crippen LogP contribution in [-0.4, -0.2) is 20.9 Å². The number of hydrogen-bond donors (Lipinski definition) is 0. The van der Waals surface area contributed by atoms with Crippen LogP contribution in [0.1, 0.15) is 5.69 Å². The van der Waals surface area contributed by atoms with Gasteiger partial charge >= 0.3 is 0 Å². The maximum atomic E-state index is 4.76. The highest BCUT2D eigenvalue weighted by atomic mass is 32.1. The third kappa shape index (κ3) is 3.68. The van der Waals surface area contributed by atoms with Gasteiger partial charge in [0.15, 0.2) is 0 Å². The van der Waals surface area contributed by atoms with Gasteiger partial charge in [0.1, 0.15) is 0 Å².